The van der Waals surface area contributed by atoms with Crippen LogP contribution in [0.5, 0.6) is 0 Å². The molecule has 3 N–H and O–H groups in total. The van der Waals surface area contributed by atoms with Gasteiger partial charge in [-0.3, -0.25) is 10.2 Å². The molecule has 2 amide bonds. The van der Waals surface area contributed by atoms with Crippen LogP contribution >= 0.6 is 0 Å². The van der Waals surface area contributed by atoms with E-state index >= 15 is 0 Å². The number of benzene rings is 2. The molecule has 4 fully saturated rings. The van der Waals surface area contributed by atoms with Crippen LogP contribution in [0.3, 0.4) is 0 Å². The second-order valence-electron chi connectivity index (χ2n) is 10.1. The average molecular weight is 478 g/mol. The summed E-state index contributed by atoms with van der Waals surface area (Å²) in [6.07, 6.45) is -0.411. The first kappa shape index (κ1) is 19.9. The van der Waals surface area contributed by atoms with E-state index in [1.165, 1.54) is 4.90 Å². The van der Waals surface area contributed by atoms with Crippen molar-refractivity contribution in [1.82, 2.24) is 4.90 Å². The number of ether oxygens (including phenoxy) is 1. The molecule has 4 saturated carbocycles. The number of imide groups is 1. The van der Waals surface area contributed by atoms with Gasteiger partial charge in [-0.15, -0.1) is 0 Å². The summed E-state index contributed by atoms with van der Waals surface area (Å²) in [5.74, 6) is -2.03. The van der Waals surface area contributed by atoms with Crippen LogP contribution in [0, 0.1) is 23.1 Å². The summed E-state index contributed by atoms with van der Waals surface area (Å²) in [6, 6.07) is 16.8. The zero-order chi connectivity index (χ0) is 27.3. The van der Waals surface area contributed by atoms with Gasteiger partial charge in [-0.05, 0) is 80.8 Å². The number of amides is 2. The first-order chi connectivity index (χ1) is 18.0. The number of para-hydroxylation sites is 1. The van der Waals surface area contributed by atoms with E-state index in [1.807, 2.05) is 12.1 Å². The van der Waals surface area contributed by atoms with Crippen molar-refractivity contribution in [2.75, 3.05) is 4.90 Å². The molecule has 0 aromatic heterocycles. The molecule has 35 heavy (non-hydrogen) atoms. The first-order valence-corrected chi connectivity index (χ1v) is 12.2. The predicted molar refractivity (Wildman–Crippen MR) is 135 cm³/mol. The van der Waals surface area contributed by atoms with Gasteiger partial charge < -0.3 is 15.4 Å². The number of hydrogen-bond donors (Lipinski definition) is 2. The normalized spacial score (nSPS) is 32.0. The molecule has 0 saturated heterocycles. The molecule has 184 valence electrons. The quantitative estimate of drug-likeness (QED) is 0.455. The Morgan fingerprint density at radius 3 is 2.31 bits per heavy atom. The van der Waals surface area contributed by atoms with E-state index in [1.54, 1.807) is 55.5 Å². The van der Waals surface area contributed by atoms with Crippen LogP contribution in [0.15, 0.2) is 60.7 Å². The summed E-state index contributed by atoms with van der Waals surface area (Å²) in [7, 11) is 0. The Bertz CT molecular complexity index is 1210. The Balaban J connectivity index is 1.47. The van der Waals surface area contributed by atoms with E-state index in [4.69, 9.17) is 20.0 Å². The van der Waals surface area contributed by atoms with Gasteiger partial charge in [0, 0.05) is 9.80 Å². The highest BCUT2D eigenvalue weighted by atomic mass is 16.6. The maximum Gasteiger partial charge on any atom is 0.417 e. The molecule has 4 aliphatic rings. The summed E-state index contributed by atoms with van der Waals surface area (Å²) in [6.45, 7) is 1.49. The van der Waals surface area contributed by atoms with Crippen LogP contribution in [-0.4, -0.2) is 34.5 Å². The lowest BCUT2D eigenvalue weighted by atomic mass is 9.54. The third-order valence-corrected chi connectivity index (χ3v) is 7.37. The minimum Gasteiger partial charge on any atom is -0.442 e. The zero-order valence-electron chi connectivity index (χ0n) is 22.9. The SMILES string of the molecule is [2H]C12CC3CC(C1)CC(OC(=O)N(Cc1ccccc1)C(=O)[C@H](C)N(C(=N)N)c1ccccc1)(C3)C2([2H])[2H]. The monoisotopic (exact) mass is 477 g/mol. The molecule has 4 aliphatic carbocycles. The summed E-state index contributed by atoms with van der Waals surface area (Å²) in [4.78, 5) is 30.1. The number of nitrogens with two attached hydrogens (primary N) is 1. The Morgan fingerprint density at radius 2 is 1.71 bits per heavy atom. The van der Waals surface area contributed by atoms with Gasteiger partial charge in [0.2, 0.25) is 0 Å². The minimum atomic E-state index is -2.04. The molecule has 3 atom stereocenters. The van der Waals surface area contributed by atoms with Crippen molar-refractivity contribution in [1.29, 1.82) is 5.41 Å². The van der Waals surface area contributed by atoms with Gasteiger partial charge in [-0.25, -0.2) is 9.69 Å². The predicted octanol–water partition coefficient (Wildman–Crippen LogP) is 4.91. The Kier molecular flexibility index (Phi) is 5.32. The molecule has 0 radical (unpaired) electrons. The highest BCUT2D eigenvalue weighted by Crippen LogP contribution is 2.57. The van der Waals surface area contributed by atoms with E-state index in [0.717, 1.165) is 11.3 Å². The summed E-state index contributed by atoms with van der Waals surface area (Å²) in [5.41, 5.74) is 5.65. The third-order valence-electron chi connectivity index (χ3n) is 7.37. The number of nitrogens with one attached hydrogen (secondary N) is 1. The summed E-state index contributed by atoms with van der Waals surface area (Å²) >= 11 is 0. The van der Waals surface area contributed by atoms with Gasteiger partial charge in [0.15, 0.2) is 5.96 Å². The molecule has 7 nitrogen and oxygen atoms in total. The maximum atomic E-state index is 13.9. The molecule has 6 rings (SSSR count). The molecule has 0 spiro atoms. The molecule has 7 heteroatoms. The van der Waals surface area contributed by atoms with E-state index in [2.05, 4.69) is 0 Å². The van der Waals surface area contributed by atoms with E-state index in [9.17, 15) is 9.59 Å². The van der Waals surface area contributed by atoms with Crippen molar-refractivity contribution in [2.45, 2.75) is 63.6 Å². The number of carbonyl (C=O) groups excluding carboxylic acids is 2. The maximum absolute atomic E-state index is 13.9. The van der Waals surface area contributed by atoms with Gasteiger partial charge in [0.25, 0.3) is 5.91 Å². The standard InChI is InChI=1S/C28H34N4O3/c1-19(32(26(29)30)24-10-6-3-7-11-24)25(33)31(18-20-8-4-2-5-9-20)27(34)35-28-15-21-12-22(16-28)14-23(13-21)17-28/h2-11,19,21-23H,12-18H2,1H3,(H3,29,30)/t19-,21?,22?,23?,28?/m0/s1/i15D2,21D. The van der Waals surface area contributed by atoms with Crippen LogP contribution < -0.4 is 10.6 Å². The van der Waals surface area contributed by atoms with Gasteiger partial charge >= 0.3 is 6.09 Å². The molecule has 4 bridgehead atoms. The highest BCUT2D eigenvalue weighted by Gasteiger charge is 2.54. The fourth-order valence-electron chi connectivity index (χ4n) is 6.10. The van der Waals surface area contributed by atoms with Crippen LogP contribution in [0.1, 0.15) is 55.1 Å². The first-order valence-electron chi connectivity index (χ1n) is 13.7. The van der Waals surface area contributed by atoms with E-state index in [0.29, 0.717) is 36.9 Å². The number of nitrogens with zero attached hydrogens (tertiary/aromatic N) is 2. The van der Waals surface area contributed by atoms with Crippen molar-refractivity contribution in [2.24, 2.45) is 23.5 Å². The third kappa shape index (κ3) is 4.77. The van der Waals surface area contributed by atoms with E-state index < -0.39 is 35.9 Å². The van der Waals surface area contributed by atoms with Crippen LogP contribution in [-0.2, 0) is 16.1 Å². The summed E-state index contributed by atoms with van der Waals surface area (Å²) in [5, 5.41) is 8.13. The lowest BCUT2D eigenvalue weighted by molar-refractivity contribution is -0.144. The molecule has 0 aliphatic heterocycles. The number of carbonyl (C=O) groups is 2. The molecular weight excluding hydrogens is 440 g/mol. The van der Waals surface area contributed by atoms with Crippen LogP contribution in [0.25, 0.3) is 0 Å². The van der Waals surface area contributed by atoms with Gasteiger partial charge in [-0.2, -0.15) is 0 Å². The molecule has 0 heterocycles. The van der Waals surface area contributed by atoms with Crippen molar-refractivity contribution in [3.8, 4) is 0 Å². The molecule has 2 unspecified atom stereocenters. The van der Waals surface area contributed by atoms with Crippen molar-refractivity contribution < 1.29 is 18.4 Å². The van der Waals surface area contributed by atoms with Gasteiger partial charge in [0.1, 0.15) is 11.6 Å². The number of hydrogen-bond acceptors (Lipinski definition) is 4. The minimum absolute atomic E-state index is 0.0820. The Labute approximate surface area is 211 Å². The second-order valence-corrected chi connectivity index (χ2v) is 10.1. The number of anilines is 1. The Morgan fingerprint density at radius 1 is 1.11 bits per heavy atom. The fraction of sp³-hybridized carbons (Fsp3) is 0.464. The zero-order valence-corrected chi connectivity index (χ0v) is 19.9. The lowest BCUT2D eigenvalue weighted by Crippen LogP contribution is -2.57. The largest absolute Gasteiger partial charge is 0.442 e. The van der Waals surface area contributed by atoms with Crippen LogP contribution in [0.4, 0.5) is 10.5 Å². The lowest BCUT2D eigenvalue weighted by Gasteiger charge is -2.55. The number of guanidine groups is 1. The Hall–Kier alpha value is -3.35. The molecule has 2 aromatic carbocycles. The molecular formula is C28H34N4O3. The topological polar surface area (TPSA) is 99.7 Å². The highest BCUT2D eigenvalue weighted by molar-refractivity contribution is 6.03. The number of rotatable bonds is 6. The smallest absolute Gasteiger partial charge is 0.417 e. The summed E-state index contributed by atoms with van der Waals surface area (Å²) < 4.78 is 32.8. The second kappa shape index (κ2) is 9.36. The fourth-order valence-corrected chi connectivity index (χ4v) is 6.10. The van der Waals surface area contributed by atoms with Crippen molar-refractivity contribution in [3.63, 3.8) is 0 Å². The van der Waals surface area contributed by atoms with Crippen molar-refractivity contribution >= 4 is 23.6 Å². The van der Waals surface area contributed by atoms with Gasteiger partial charge in [-0.1, -0.05) is 48.5 Å². The van der Waals surface area contributed by atoms with Gasteiger partial charge in [0.05, 0.1) is 6.54 Å². The van der Waals surface area contributed by atoms with Crippen molar-refractivity contribution in [3.05, 3.63) is 66.2 Å². The van der Waals surface area contributed by atoms with E-state index in [-0.39, 0.29) is 24.3 Å². The molecule has 2 aromatic rings. The van der Waals surface area contributed by atoms with Crippen LogP contribution in [0.2, 0.25) is 0 Å². The average Bonchev–Trinajstić information content (AvgIpc) is 2.86.